The van der Waals surface area contributed by atoms with Crippen molar-refractivity contribution >= 4 is 40.4 Å². The van der Waals surface area contributed by atoms with E-state index in [-0.39, 0.29) is 11.9 Å². The highest BCUT2D eigenvalue weighted by Gasteiger charge is 2.25. The summed E-state index contributed by atoms with van der Waals surface area (Å²) in [4.78, 5) is 20.3. The Hall–Kier alpha value is -1.90. The zero-order chi connectivity index (χ0) is 22.7. The maximum absolute atomic E-state index is 13.4. The number of rotatable bonds is 8. The molecule has 1 aliphatic rings. The normalized spacial score (nSPS) is 15.5. The first-order valence-electron chi connectivity index (χ1n) is 10.9. The Morgan fingerprint density at radius 2 is 2.00 bits per heavy atom. The van der Waals surface area contributed by atoms with E-state index in [9.17, 15) is 9.90 Å². The lowest BCUT2D eigenvalue weighted by Gasteiger charge is -2.28. The number of aliphatic hydroxyl groups excluding tert-OH is 1. The van der Waals surface area contributed by atoms with E-state index in [1.54, 1.807) is 11.9 Å². The number of carbonyl (C=O) groups is 1. The van der Waals surface area contributed by atoms with Gasteiger partial charge in [-0.3, -0.25) is 19.4 Å². The zero-order valence-corrected chi connectivity index (χ0v) is 20.0. The van der Waals surface area contributed by atoms with Gasteiger partial charge in [0.2, 0.25) is 0 Å². The molecule has 0 unspecified atom stereocenters. The fraction of sp³-hybridized carbons (Fsp3) is 0.417. The summed E-state index contributed by atoms with van der Waals surface area (Å²) in [5.74, 6) is 0.0703. The van der Waals surface area contributed by atoms with Crippen LogP contribution in [0.1, 0.15) is 34.5 Å². The fourth-order valence-corrected chi connectivity index (χ4v) is 4.80. The molecule has 4 rings (SSSR count). The number of nitrogens with zero attached hydrogens (tertiary/aromatic N) is 3. The van der Waals surface area contributed by atoms with Gasteiger partial charge < -0.3 is 9.67 Å². The quantitative estimate of drug-likeness (QED) is 0.293. The van der Waals surface area contributed by atoms with Gasteiger partial charge in [0, 0.05) is 42.2 Å². The van der Waals surface area contributed by atoms with Crippen molar-refractivity contribution in [1.82, 2.24) is 19.2 Å². The van der Waals surface area contributed by atoms with Crippen molar-refractivity contribution in [1.29, 1.82) is 0 Å². The van der Waals surface area contributed by atoms with Gasteiger partial charge in [0.05, 0.1) is 29.2 Å². The third kappa shape index (κ3) is 5.02. The summed E-state index contributed by atoms with van der Waals surface area (Å²) in [6.07, 6.45) is 5.92. The summed E-state index contributed by atoms with van der Waals surface area (Å²) >= 11 is 7.72. The Morgan fingerprint density at radius 3 is 2.69 bits per heavy atom. The minimum absolute atomic E-state index is 0.0703. The number of likely N-dealkylation sites (tertiary alicyclic amines) is 1. The molecule has 1 saturated heterocycles. The zero-order valence-electron chi connectivity index (χ0n) is 18.5. The number of aromatic nitrogens is 2. The number of benzene rings is 1. The van der Waals surface area contributed by atoms with Crippen molar-refractivity contribution in [2.24, 2.45) is 0 Å². The van der Waals surface area contributed by atoms with Crippen LogP contribution in [0.25, 0.3) is 16.7 Å². The first kappa shape index (κ1) is 23.3. The van der Waals surface area contributed by atoms with Crippen LogP contribution in [0.5, 0.6) is 0 Å². The molecule has 8 heteroatoms. The van der Waals surface area contributed by atoms with E-state index in [4.69, 9.17) is 16.6 Å². The number of hydrogen-bond acceptors (Lipinski definition) is 6. The molecule has 3 aromatic rings. The van der Waals surface area contributed by atoms with E-state index in [1.165, 1.54) is 0 Å². The van der Waals surface area contributed by atoms with Crippen LogP contribution < -0.4 is 4.72 Å². The average molecular weight is 473 g/mol. The van der Waals surface area contributed by atoms with E-state index in [0.29, 0.717) is 30.0 Å². The van der Waals surface area contributed by atoms with Crippen molar-refractivity contribution in [3.63, 3.8) is 0 Å². The van der Waals surface area contributed by atoms with Crippen molar-refractivity contribution in [2.75, 3.05) is 32.4 Å². The second-order valence-corrected chi connectivity index (χ2v) is 9.40. The number of hydrogen-bond donors (Lipinski definition) is 2. The third-order valence-corrected chi connectivity index (χ3v) is 6.79. The van der Waals surface area contributed by atoms with Crippen molar-refractivity contribution in [3.8, 4) is 5.69 Å². The molecule has 170 valence electrons. The van der Waals surface area contributed by atoms with Crippen molar-refractivity contribution < 1.29 is 9.90 Å². The maximum atomic E-state index is 13.4. The number of pyridine rings is 1. The first-order chi connectivity index (χ1) is 15.5. The summed E-state index contributed by atoms with van der Waals surface area (Å²) in [7, 11) is 0. The van der Waals surface area contributed by atoms with E-state index >= 15 is 0 Å². The molecule has 6 nitrogen and oxygen atoms in total. The fourth-order valence-electron chi connectivity index (χ4n) is 4.37. The molecule has 1 fully saturated rings. The second kappa shape index (κ2) is 10.4. The summed E-state index contributed by atoms with van der Waals surface area (Å²) in [6, 6.07) is 9.80. The Morgan fingerprint density at radius 1 is 1.28 bits per heavy atom. The van der Waals surface area contributed by atoms with Crippen molar-refractivity contribution in [3.05, 3.63) is 58.4 Å². The minimum Gasteiger partial charge on any atom is -0.393 e. The van der Waals surface area contributed by atoms with E-state index in [1.807, 2.05) is 43.6 Å². The van der Waals surface area contributed by atoms with Crippen LogP contribution in [-0.2, 0) is 6.42 Å². The van der Waals surface area contributed by atoms with Gasteiger partial charge >= 0.3 is 0 Å². The molecule has 0 bridgehead atoms. The third-order valence-electron chi connectivity index (χ3n) is 6.05. The van der Waals surface area contributed by atoms with Crippen LogP contribution in [0.3, 0.4) is 0 Å². The molecule has 2 N–H and O–H groups in total. The van der Waals surface area contributed by atoms with Crippen LogP contribution in [0.15, 0.2) is 36.5 Å². The summed E-state index contributed by atoms with van der Waals surface area (Å²) in [6.45, 7) is 4.65. The van der Waals surface area contributed by atoms with Gasteiger partial charge in [-0.25, -0.2) is 0 Å². The lowest BCUT2D eigenvalue weighted by molar-refractivity contribution is 0.0711. The number of nitrogens with one attached hydrogen (secondary N) is 1. The highest BCUT2D eigenvalue weighted by atomic mass is 35.5. The maximum Gasteiger partial charge on any atom is 0.180 e. The second-order valence-electron chi connectivity index (χ2n) is 8.26. The number of Topliss-reactive ketones (excluding diaryl/α,β-unsaturated/α-hetero) is 1. The number of piperidine rings is 1. The van der Waals surface area contributed by atoms with E-state index in [0.717, 1.165) is 54.0 Å². The van der Waals surface area contributed by atoms with Gasteiger partial charge in [-0.15, -0.1) is 0 Å². The van der Waals surface area contributed by atoms with Crippen LogP contribution in [-0.4, -0.2) is 63.9 Å². The van der Waals surface area contributed by atoms with Crippen LogP contribution in [0.2, 0.25) is 5.02 Å². The largest absolute Gasteiger partial charge is 0.393 e. The Labute approximate surface area is 198 Å². The molecule has 3 heterocycles. The highest BCUT2D eigenvalue weighted by molar-refractivity contribution is 7.96. The van der Waals surface area contributed by atoms with Crippen molar-refractivity contribution in [2.45, 2.75) is 32.3 Å². The lowest BCUT2D eigenvalue weighted by Crippen LogP contribution is -2.39. The molecule has 0 saturated carbocycles. The number of aliphatic hydroxyl groups is 1. The predicted molar refractivity (Wildman–Crippen MR) is 132 cm³/mol. The monoisotopic (exact) mass is 472 g/mol. The van der Waals surface area contributed by atoms with E-state index in [2.05, 4.69) is 20.3 Å². The standard InChI is InChI=1S/C24H29ClN4O2S/c1-16-23(22(31)15-28-11-8-20(30)9-12-28)24-21(13-17(14-26-24)7-10-27-32-2)29(16)19-5-3-18(25)4-6-19/h3-6,13-14,20,27,30H,7-12,15H2,1-2H3. The molecule has 0 radical (unpaired) electrons. The molecular formula is C24H29ClN4O2S. The summed E-state index contributed by atoms with van der Waals surface area (Å²) < 4.78 is 5.38. The minimum atomic E-state index is -0.254. The van der Waals surface area contributed by atoms with Crippen LogP contribution in [0, 0.1) is 6.92 Å². The summed E-state index contributed by atoms with van der Waals surface area (Å²) in [5.41, 5.74) is 5.31. The van der Waals surface area contributed by atoms with E-state index < -0.39 is 0 Å². The average Bonchev–Trinajstić information content (AvgIpc) is 3.07. The molecule has 32 heavy (non-hydrogen) atoms. The molecule has 0 spiro atoms. The topological polar surface area (TPSA) is 70.4 Å². The van der Waals surface area contributed by atoms with Gasteiger partial charge in [-0.1, -0.05) is 23.5 Å². The predicted octanol–water partition coefficient (Wildman–Crippen LogP) is 4.04. The van der Waals surface area contributed by atoms with Crippen LogP contribution >= 0.6 is 23.5 Å². The van der Waals surface area contributed by atoms with Gasteiger partial charge in [0.25, 0.3) is 0 Å². The molecule has 0 atom stereocenters. The molecule has 2 aromatic heterocycles. The van der Waals surface area contributed by atoms with Gasteiger partial charge in [0.1, 0.15) is 0 Å². The summed E-state index contributed by atoms with van der Waals surface area (Å²) in [5, 5.41) is 10.5. The smallest absolute Gasteiger partial charge is 0.180 e. The molecule has 0 amide bonds. The molecule has 0 aliphatic carbocycles. The Balaban J connectivity index is 1.74. The molecular weight excluding hydrogens is 444 g/mol. The van der Waals surface area contributed by atoms with Gasteiger partial charge in [0.15, 0.2) is 5.78 Å². The Kier molecular flexibility index (Phi) is 7.53. The number of carbonyl (C=O) groups excluding carboxylic acids is 1. The highest BCUT2D eigenvalue weighted by Crippen LogP contribution is 2.30. The molecule has 1 aromatic carbocycles. The first-order valence-corrected chi connectivity index (χ1v) is 12.5. The lowest BCUT2D eigenvalue weighted by atomic mass is 10.1. The molecule has 1 aliphatic heterocycles. The SMILES string of the molecule is CSNCCc1cnc2c(C(=O)CN3CCC(O)CC3)c(C)n(-c3ccc(Cl)cc3)c2c1. The number of ketones is 1. The van der Waals surface area contributed by atoms with Gasteiger partial charge in [-0.05, 0) is 68.3 Å². The Bertz CT molecular complexity index is 1090. The number of fused-ring (bicyclic) bond motifs is 1. The van der Waals surface area contributed by atoms with Gasteiger partial charge in [-0.2, -0.15) is 0 Å². The van der Waals surface area contributed by atoms with Crippen LogP contribution in [0.4, 0.5) is 0 Å². The number of halogens is 1.